The predicted octanol–water partition coefficient (Wildman–Crippen LogP) is 3.22. The van der Waals surface area contributed by atoms with Crippen molar-refractivity contribution in [1.29, 1.82) is 0 Å². The van der Waals surface area contributed by atoms with Crippen LogP contribution >= 0.6 is 0 Å². The smallest absolute Gasteiger partial charge is 0.241 e. The Morgan fingerprint density at radius 3 is 2.57 bits per heavy atom. The predicted molar refractivity (Wildman–Crippen MR) is 109 cm³/mol. The normalized spacial score (nSPS) is 20.7. The van der Waals surface area contributed by atoms with Gasteiger partial charge in [-0.05, 0) is 50.1 Å². The largest absolute Gasteiger partial charge is 0.624 e. The lowest BCUT2D eigenvalue weighted by Crippen LogP contribution is -2.49. The van der Waals surface area contributed by atoms with Crippen molar-refractivity contribution in [2.45, 2.75) is 49.6 Å². The van der Waals surface area contributed by atoms with Crippen molar-refractivity contribution in [2.75, 3.05) is 7.11 Å². The van der Waals surface area contributed by atoms with E-state index in [-0.39, 0.29) is 4.90 Å². The van der Waals surface area contributed by atoms with Crippen LogP contribution in [0.15, 0.2) is 53.4 Å². The first kappa shape index (κ1) is 20.4. The van der Waals surface area contributed by atoms with Crippen LogP contribution in [-0.2, 0) is 10.0 Å². The molecule has 0 heterocycles. The number of aryl methyl sites for hydroxylation is 1. The third-order valence-electron chi connectivity index (χ3n) is 5.06. The van der Waals surface area contributed by atoms with Crippen molar-refractivity contribution < 1.29 is 17.9 Å². The van der Waals surface area contributed by atoms with Gasteiger partial charge in [-0.25, -0.2) is 17.9 Å². The number of sulfonamides is 1. The van der Waals surface area contributed by atoms with Crippen molar-refractivity contribution >= 4 is 16.2 Å². The van der Waals surface area contributed by atoms with Gasteiger partial charge in [0.1, 0.15) is 5.75 Å². The Bertz CT molecular complexity index is 939. The number of ether oxygens (including phenoxy) is 1. The first-order valence-electron chi connectivity index (χ1n) is 9.42. The zero-order valence-corrected chi connectivity index (χ0v) is 17.0. The van der Waals surface area contributed by atoms with E-state index in [0.29, 0.717) is 18.6 Å². The topological polar surface area (TPSA) is 81.5 Å². The van der Waals surface area contributed by atoms with E-state index < -0.39 is 22.1 Å². The highest BCUT2D eigenvalue weighted by Gasteiger charge is 2.34. The molecule has 6 nitrogen and oxygen atoms in total. The van der Waals surface area contributed by atoms with Crippen LogP contribution in [0, 0.1) is 12.1 Å². The van der Waals surface area contributed by atoms with Crippen molar-refractivity contribution in [3.05, 3.63) is 64.9 Å². The van der Waals surface area contributed by atoms with Gasteiger partial charge in [0.25, 0.3) is 0 Å². The third-order valence-corrected chi connectivity index (χ3v) is 6.57. The lowest BCUT2D eigenvalue weighted by molar-refractivity contribution is -0.504. The number of rotatable bonds is 6. The van der Waals surface area contributed by atoms with E-state index in [1.54, 1.807) is 37.4 Å². The Labute approximate surface area is 166 Å². The summed E-state index contributed by atoms with van der Waals surface area (Å²) in [6, 6.07) is 13.1. The van der Waals surface area contributed by atoms with Crippen LogP contribution < -0.4 is 9.46 Å². The molecule has 1 aliphatic carbocycles. The standard InChI is InChI=1S/C21H26N2O4S/c1-16-10-12-19(13-11-16)28(25,26)22-20-8-3-4-9-21(20)23(24)15-17-6-5-7-18(14-17)27-2/h5-7,10-15,20-22H,3-4,8-9H2,1-2H3/b23-15-/t20-,21-/m1/s1. The van der Waals surface area contributed by atoms with E-state index in [1.165, 1.54) is 6.21 Å². The highest BCUT2D eigenvalue weighted by molar-refractivity contribution is 7.89. The van der Waals surface area contributed by atoms with Gasteiger partial charge in [0.05, 0.1) is 18.0 Å². The first-order chi connectivity index (χ1) is 13.4. The molecular weight excluding hydrogens is 376 g/mol. The molecule has 2 atom stereocenters. The molecular formula is C21H26N2O4S. The quantitative estimate of drug-likeness (QED) is 0.348. The summed E-state index contributed by atoms with van der Waals surface area (Å²) in [5.41, 5.74) is 1.72. The minimum atomic E-state index is -3.68. The number of nitrogens with zero attached hydrogens (tertiary/aromatic N) is 1. The number of nitrogens with one attached hydrogen (secondary N) is 1. The minimum Gasteiger partial charge on any atom is -0.624 e. The monoisotopic (exact) mass is 402 g/mol. The zero-order valence-electron chi connectivity index (χ0n) is 16.2. The molecule has 2 aromatic rings. The zero-order chi connectivity index (χ0) is 20.1. The van der Waals surface area contributed by atoms with Crippen LogP contribution in [0.4, 0.5) is 0 Å². The highest BCUT2D eigenvalue weighted by Crippen LogP contribution is 2.23. The van der Waals surface area contributed by atoms with Crippen LogP contribution in [0.2, 0.25) is 0 Å². The van der Waals surface area contributed by atoms with Gasteiger partial charge in [-0.3, -0.25) is 0 Å². The summed E-state index contributed by atoms with van der Waals surface area (Å²) >= 11 is 0. The van der Waals surface area contributed by atoms with Crippen LogP contribution in [0.5, 0.6) is 5.75 Å². The van der Waals surface area contributed by atoms with E-state index >= 15 is 0 Å². The van der Waals surface area contributed by atoms with Gasteiger partial charge in [0, 0.05) is 12.0 Å². The molecule has 0 radical (unpaired) electrons. The molecule has 0 aromatic heterocycles. The maximum absolute atomic E-state index is 12.8. The van der Waals surface area contributed by atoms with Crippen molar-refractivity contribution in [2.24, 2.45) is 0 Å². The van der Waals surface area contributed by atoms with Gasteiger partial charge in [0.2, 0.25) is 10.0 Å². The number of hydroxylamine groups is 1. The minimum absolute atomic E-state index is 0.219. The Balaban J connectivity index is 1.81. The first-order valence-corrected chi connectivity index (χ1v) is 10.9. The number of methoxy groups -OCH3 is 1. The maximum Gasteiger partial charge on any atom is 0.241 e. The number of hydrogen-bond donors (Lipinski definition) is 1. The second-order valence-corrected chi connectivity index (χ2v) is 8.87. The van der Waals surface area contributed by atoms with Gasteiger partial charge >= 0.3 is 0 Å². The SMILES string of the molecule is COc1cccc(/C=[N+](\[O-])[C@@H]2CCCC[C@H]2NS(=O)(=O)c2ccc(C)cc2)c1. The molecule has 0 saturated heterocycles. The Kier molecular flexibility index (Phi) is 6.36. The van der Waals surface area contributed by atoms with Gasteiger partial charge in [-0.1, -0.05) is 30.2 Å². The molecule has 0 aliphatic heterocycles. The van der Waals surface area contributed by atoms with E-state index in [1.807, 2.05) is 25.1 Å². The average Bonchev–Trinajstić information content (AvgIpc) is 2.68. The molecule has 28 heavy (non-hydrogen) atoms. The van der Waals surface area contributed by atoms with Crippen LogP contribution in [0.25, 0.3) is 0 Å². The molecule has 2 aromatic carbocycles. The van der Waals surface area contributed by atoms with E-state index in [4.69, 9.17) is 4.74 Å². The molecule has 1 N–H and O–H groups in total. The van der Waals surface area contributed by atoms with Gasteiger partial charge in [-0.15, -0.1) is 0 Å². The number of hydrogen-bond acceptors (Lipinski definition) is 4. The Morgan fingerprint density at radius 2 is 1.86 bits per heavy atom. The van der Waals surface area contributed by atoms with Crippen molar-refractivity contribution in [3.63, 3.8) is 0 Å². The summed E-state index contributed by atoms with van der Waals surface area (Å²) in [7, 11) is -2.10. The molecule has 0 bridgehead atoms. The lowest BCUT2D eigenvalue weighted by Gasteiger charge is -2.30. The molecule has 0 spiro atoms. The summed E-state index contributed by atoms with van der Waals surface area (Å²) in [6.07, 6.45) is 4.58. The highest BCUT2D eigenvalue weighted by atomic mass is 32.2. The van der Waals surface area contributed by atoms with Crippen LogP contribution in [0.1, 0.15) is 36.8 Å². The van der Waals surface area contributed by atoms with Crippen molar-refractivity contribution in [3.8, 4) is 5.75 Å². The fourth-order valence-corrected chi connectivity index (χ4v) is 4.81. The molecule has 0 unspecified atom stereocenters. The van der Waals surface area contributed by atoms with E-state index in [9.17, 15) is 13.6 Å². The summed E-state index contributed by atoms with van der Waals surface area (Å²) in [5.74, 6) is 0.669. The van der Waals surface area contributed by atoms with E-state index in [0.717, 1.165) is 28.7 Å². The molecule has 1 aliphatic rings. The van der Waals surface area contributed by atoms with Crippen LogP contribution in [-0.4, -0.2) is 38.6 Å². The molecule has 0 amide bonds. The van der Waals surface area contributed by atoms with Crippen molar-refractivity contribution in [1.82, 2.24) is 4.72 Å². The third kappa shape index (κ3) is 4.91. The molecule has 1 saturated carbocycles. The lowest BCUT2D eigenvalue weighted by atomic mass is 9.91. The maximum atomic E-state index is 12.8. The van der Waals surface area contributed by atoms with Crippen LogP contribution in [0.3, 0.4) is 0 Å². The summed E-state index contributed by atoms with van der Waals surface area (Å²) in [6.45, 7) is 1.91. The molecule has 7 heteroatoms. The van der Waals surface area contributed by atoms with Gasteiger partial charge in [0.15, 0.2) is 12.3 Å². The molecule has 150 valence electrons. The van der Waals surface area contributed by atoms with Gasteiger partial charge in [-0.2, -0.15) is 0 Å². The second kappa shape index (κ2) is 8.75. The molecule has 3 rings (SSSR count). The summed E-state index contributed by atoms with van der Waals surface area (Å²) < 4.78 is 34.4. The number of benzene rings is 2. The average molecular weight is 403 g/mol. The Hall–Kier alpha value is -2.38. The van der Waals surface area contributed by atoms with Gasteiger partial charge < -0.3 is 9.94 Å². The van der Waals surface area contributed by atoms with E-state index in [2.05, 4.69) is 4.72 Å². The fourth-order valence-electron chi connectivity index (χ4n) is 3.50. The molecule has 1 fully saturated rings. The second-order valence-electron chi connectivity index (χ2n) is 7.16. The fraction of sp³-hybridized carbons (Fsp3) is 0.381. The summed E-state index contributed by atoms with van der Waals surface area (Å²) in [5, 5.41) is 12.8. The Morgan fingerprint density at radius 1 is 1.14 bits per heavy atom. The summed E-state index contributed by atoms with van der Waals surface area (Å²) in [4.78, 5) is 0.219.